The molecule has 27 heavy (non-hydrogen) atoms. The fourth-order valence-corrected chi connectivity index (χ4v) is 4.47. The average molecular weight is 386 g/mol. The van der Waals surface area contributed by atoms with Crippen molar-refractivity contribution in [2.24, 2.45) is 0 Å². The van der Waals surface area contributed by atoms with Crippen LogP contribution in [0.4, 0.5) is 4.39 Å². The maximum atomic E-state index is 13.0. The number of carbonyl (C=O) groups is 1. The molecule has 1 aliphatic heterocycles. The van der Waals surface area contributed by atoms with Crippen LogP contribution in [-0.4, -0.2) is 41.0 Å². The molecule has 142 valence electrons. The second-order valence-corrected chi connectivity index (χ2v) is 8.25. The molecule has 2 aromatic rings. The predicted molar refractivity (Wildman–Crippen MR) is 105 cm³/mol. The minimum atomic E-state index is -0.241. The van der Waals surface area contributed by atoms with Crippen LogP contribution in [-0.2, 0) is 5.75 Å². The van der Waals surface area contributed by atoms with Crippen molar-refractivity contribution in [1.82, 2.24) is 15.2 Å². The molecule has 0 atom stereocenters. The molecule has 0 spiro atoms. The molecule has 1 aromatic heterocycles. The van der Waals surface area contributed by atoms with E-state index in [0.29, 0.717) is 11.3 Å². The third kappa shape index (κ3) is 4.87. The van der Waals surface area contributed by atoms with Gasteiger partial charge in [0, 0.05) is 37.1 Å². The average Bonchev–Trinajstić information content (AvgIpc) is 3.54. The van der Waals surface area contributed by atoms with Gasteiger partial charge in [-0.3, -0.25) is 4.79 Å². The Bertz CT molecular complexity index is 786. The zero-order chi connectivity index (χ0) is 18.6. The van der Waals surface area contributed by atoms with Crippen molar-refractivity contribution < 1.29 is 9.18 Å². The number of rotatable bonds is 6. The van der Waals surface area contributed by atoms with Crippen molar-refractivity contribution in [3.8, 4) is 0 Å². The topological polar surface area (TPSA) is 45.2 Å². The highest BCUT2D eigenvalue weighted by molar-refractivity contribution is 7.98. The summed E-state index contributed by atoms with van der Waals surface area (Å²) in [7, 11) is 0. The SMILES string of the molecule is O=C(NC1CCN(C2CC2)CC1)c1cccnc1SCc1ccc(F)cc1. The van der Waals surface area contributed by atoms with E-state index < -0.39 is 0 Å². The number of hydrogen-bond acceptors (Lipinski definition) is 4. The maximum Gasteiger partial charge on any atom is 0.254 e. The molecule has 2 fully saturated rings. The Hall–Kier alpha value is -1.92. The highest BCUT2D eigenvalue weighted by Gasteiger charge is 2.32. The van der Waals surface area contributed by atoms with Gasteiger partial charge in [-0.05, 0) is 55.5 Å². The molecule has 2 aliphatic rings. The first-order valence-electron chi connectivity index (χ1n) is 9.56. The first-order valence-corrected chi connectivity index (χ1v) is 10.5. The number of benzene rings is 1. The monoisotopic (exact) mass is 385 g/mol. The molecule has 0 bridgehead atoms. The van der Waals surface area contributed by atoms with Gasteiger partial charge < -0.3 is 10.2 Å². The molecule has 1 aliphatic carbocycles. The van der Waals surface area contributed by atoms with Crippen molar-refractivity contribution in [2.45, 2.75) is 48.5 Å². The maximum absolute atomic E-state index is 13.0. The Morgan fingerprint density at radius 3 is 2.59 bits per heavy atom. The van der Waals surface area contributed by atoms with E-state index in [-0.39, 0.29) is 17.8 Å². The number of pyridine rings is 1. The molecular formula is C21H24FN3OS. The summed E-state index contributed by atoms with van der Waals surface area (Å²) in [5.74, 6) is 0.362. The second kappa shape index (κ2) is 8.40. The van der Waals surface area contributed by atoms with E-state index in [9.17, 15) is 9.18 Å². The molecule has 0 radical (unpaired) electrons. The summed E-state index contributed by atoms with van der Waals surface area (Å²) in [6, 6.07) is 11.1. The Morgan fingerprint density at radius 2 is 1.89 bits per heavy atom. The summed E-state index contributed by atoms with van der Waals surface area (Å²) in [4.78, 5) is 19.7. The molecule has 4 nitrogen and oxygen atoms in total. The van der Waals surface area contributed by atoms with Crippen molar-refractivity contribution in [1.29, 1.82) is 0 Å². The quantitative estimate of drug-likeness (QED) is 0.767. The normalized spacial score (nSPS) is 18.4. The third-order valence-corrected chi connectivity index (χ3v) is 6.31. The molecule has 1 amide bonds. The van der Waals surface area contributed by atoms with E-state index in [1.54, 1.807) is 24.4 Å². The highest BCUT2D eigenvalue weighted by atomic mass is 32.2. The van der Waals surface area contributed by atoms with Crippen LogP contribution >= 0.6 is 11.8 Å². The number of aromatic nitrogens is 1. The van der Waals surface area contributed by atoms with Crippen LogP contribution in [0, 0.1) is 5.82 Å². The Morgan fingerprint density at radius 1 is 1.15 bits per heavy atom. The number of likely N-dealkylation sites (tertiary alicyclic amines) is 1. The van der Waals surface area contributed by atoms with Crippen LogP contribution in [0.25, 0.3) is 0 Å². The number of thioether (sulfide) groups is 1. The summed E-state index contributed by atoms with van der Waals surface area (Å²) in [6.07, 6.45) is 6.40. The molecule has 2 heterocycles. The fourth-order valence-electron chi connectivity index (χ4n) is 3.52. The van der Waals surface area contributed by atoms with E-state index in [4.69, 9.17) is 0 Å². The van der Waals surface area contributed by atoms with Gasteiger partial charge in [0.05, 0.1) is 5.56 Å². The first kappa shape index (κ1) is 18.4. The lowest BCUT2D eigenvalue weighted by Crippen LogP contribution is -2.45. The summed E-state index contributed by atoms with van der Waals surface area (Å²) in [5.41, 5.74) is 1.63. The number of hydrogen-bond donors (Lipinski definition) is 1. The van der Waals surface area contributed by atoms with Crippen molar-refractivity contribution >= 4 is 17.7 Å². The highest BCUT2D eigenvalue weighted by Crippen LogP contribution is 2.29. The summed E-state index contributed by atoms with van der Waals surface area (Å²) in [5, 5.41) is 3.91. The Labute approximate surface area is 163 Å². The molecule has 6 heteroatoms. The number of piperidine rings is 1. The van der Waals surface area contributed by atoms with E-state index in [1.807, 2.05) is 6.07 Å². The van der Waals surface area contributed by atoms with Crippen LogP contribution < -0.4 is 5.32 Å². The van der Waals surface area contributed by atoms with Gasteiger partial charge in [-0.15, -0.1) is 11.8 Å². The molecule has 1 aromatic carbocycles. The molecule has 0 unspecified atom stereocenters. The lowest BCUT2D eigenvalue weighted by molar-refractivity contribution is 0.0905. The van der Waals surface area contributed by atoms with Crippen LogP contribution in [0.3, 0.4) is 0 Å². The van der Waals surface area contributed by atoms with Gasteiger partial charge in [-0.25, -0.2) is 9.37 Å². The first-order chi connectivity index (χ1) is 13.2. The van der Waals surface area contributed by atoms with Gasteiger partial charge in [-0.1, -0.05) is 12.1 Å². The number of halogens is 1. The summed E-state index contributed by atoms with van der Waals surface area (Å²) >= 11 is 1.51. The van der Waals surface area contributed by atoms with Gasteiger partial charge in [0.15, 0.2) is 0 Å². The van der Waals surface area contributed by atoms with Gasteiger partial charge in [0.25, 0.3) is 5.91 Å². The van der Waals surface area contributed by atoms with Crippen LogP contribution in [0.5, 0.6) is 0 Å². The standard InChI is InChI=1S/C21H24FN3OS/c22-16-5-3-15(4-6-16)14-27-21-19(2-1-11-23-21)20(26)24-17-9-12-25(13-10-17)18-7-8-18/h1-6,11,17-18H,7-10,12-14H2,(H,24,26). The molecule has 1 N–H and O–H groups in total. The van der Waals surface area contributed by atoms with E-state index in [0.717, 1.165) is 42.6 Å². The third-order valence-electron chi connectivity index (χ3n) is 5.23. The second-order valence-electron chi connectivity index (χ2n) is 7.29. The van der Waals surface area contributed by atoms with Crippen LogP contribution in [0.15, 0.2) is 47.6 Å². The Kier molecular flexibility index (Phi) is 5.74. The molecule has 1 saturated heterocycles. The number of nitrogens with zero attached hydrogens (tertiary/aromatic N) is 2. The minimum Gasteiger partial charge on any atom is -0.349 e. The largest absolute Gasteiger partial charge is 0.349 e. The molecular weight excluding hydrogens is 361 g/mol. The van der Waals surface area contributed by atoms with Gasteiger partial charge in [-0.2, -0.15) is 0 Å². The van der Waals surface area contributed by atoms with Gasteiger partial charge in [0.1, 0.15) is 10.8 Å². The van der Waals surface area contributed by atoms with Gasteiger partial charge >= 0.3 is 0 Å². The van der Waals surface area contributed by atoms with Gasteiger partial charge in [0.2, 0.25) is 0 Å². The number of nitrogens with one attached hydrogen (secondary N) is 1. The predicted octanol–water partition coefficient (Wildman–Crippen LogP) is 3.87. The molecule has 1 saturated carbocycles. The van der Waals surface area contributed by atoms with E-state index in [1.165, 1.54) is 36.7 Å². The van der Waals surface area contributed by atoms with Crippen LogP contribution in [0.2, 0.25) is 0 Å². The number of carbonyl (C=O) groups excluding carboxylic acids is 1. The lowest BCUT2D eigenvalue weighted by Gasteiger charge is -2.32. The zero-order valence-electron chi connectivity index (χ0n) is 15.2. The smallest absolute Gasteiger partial charge is 0.254 e. The number of amides is 1. The summed E-state index contributed by atoms with van der Waals surface area (Å²) < 4.78 is 13.0. The molecule has 4 rings (SSSR count). The zero-order valence-corrected chi connectivity index (χ0v) is 16.1. The Balaban J connectivity index is 1.35. The van der Waals surface area contributed by atoms with Crippen molar-refractivity contribution in [3.63, 3.8) is 0 Å². The van der Waals surface area contributed by atoms with E-state index >= 15 is 0 Å². The van der Waals surface area contributed by atoms with Crippen LogP contribution in [0.1, 0.15) is 41.6 Å². The fraction of sp³-hybridized carbons (Fsp3) is 0.429. The minimum absolute atomic E-state index is 0.0467. The van der Waals surface area contributed by atoms with E-state index in [2.05, 4.69) is 15.2 Å². The van der Waals surface area contributed by atoms with Crippen molar-refractivity contribution in [3.05, 3.63) is 59.5 Å². The summed E-state index contributed by atoms with van der Waals surface area (Å²) in [6.45, 7) is 2.16. The lowest BCUT2D eigenvalue weighted by atomic mass is 10.0. The van der Waals surface area contributed by atoms with Crippen molar-refractivity contribution in [2.75, 3.05) is 13.1 Å².